The smallest absolute Gasteiger partial charge is 0.339 e. The number of alkyl halides is 3. The third-order valence-corrected chi connectivity index (χ3v) is 5.03. The molecule has 0 unspecified atom stereocenters. The third kappa shape index (κ3) is 4.28. The lowest BCUT2D eigenvalue weighted by molar-refractivity contribution is -0.137. The number of benzene rings is 1. The Hall–Kier alpha value is -2.84. The van der Waals surface area contributed by atoms with Gasteiger partial charge in [0.05, 0.1) is 28.7 Å². The summed E-state index contributed by atoms with van der Waals surface area (Å²) in [6.45, 7) is 7.07. The van der Waals surface area contributed by atoms with Crippen LogP contribution in [0.1, 0.15) is 35.5 Å². The number of piperazine rings is 1. The molecule has 2 aromatic rings. The molecule has 156 valence electrons. The third-order valence-electron chi connectivity index (χ3n) is 5.03. The summed E-state index contributed by atoms with van der Waals surface area (Å²) in [6, 6.07) is 4.82. The minimum absolute atomic E-state index is 0.0608. The van der Waals surface area contributed by atoms with E-state index in [1.807, 2.05) is 13.8 Å². The summed E-state index contributed by atoms with van der Waals surface area (Å²) in [4.78, 5) is 28.4. The molecule has 1 fully saturated rings. The van der Waals surface area contributed by atoms with E-state index in [1.165, 1.54) is 23.0 Å². The quantitative estimate of drug-likeness (QED) is 0.784. The van der Waals surface area contributed by atoms with E-state index in [0.717, 1.165) is 12.1 Å². The monoisotopic (exact) mass is 408 g/mol. The molecular formula is C20H23F3N4O2. The van der Waals surface area contributed by atoms with Crippen LogP contribution >= 0.6 is 0 Å². The van der Waals surface area contributed by atoms with Gasteiger partial charge in [0.1, 0.15) is 0 Å². The van der Waals surface area contributed by atoms with Crippen LogP contribution in [0.25, 0.3) is 5.69 Å². The zero-order valence-corrected chi connectivity index (χ0v) is 16.5. The lowest BCUT2D eigenvalue weighted by atomic mass is 10.1. The first-order chi connectivity index (χ1) is 13.6. The molecule has 9 heteroatoms. The first-order valence-corrected chi connectivity index (χ1v) is 9.40. The van der Waals surface area contributed by atoms with Crippen molar-refractivity contribution >= 4 is 11.8 Å². The highest BCUT2D eigenvalue weighted by molar-refractivity contribution is 5.95. The fourth-order valence-electron chi connectivity index (χ4n) is 3.36. The molecule has 0 saturated carbocycles. The molecular weight excluding hydrogens is 385 g/mol. The number of halogens is 3. The van der Waals surface area contributed by atoms with E-state index < -0.39 is 11.7 Å². The molecule has 0 N–H and O–H groups in total. The van der Waals surface area contributed by atoms with Crippen LogP contribution in [-0.4, -0.2) is 57.6 Å². The van der Waals surface area contributed by atoms with Gasteiger partial charge in [0.15, 0.2) is 0 Å². The van der Waals surface area contributed by atoms with Crippen molar-refractivity contribution in [3.05, 3.63) is 47.3 Å². The molecule has 0 spiro atoms. The van der Waals surface area contributed by atoms with Crippen LogP contribution in [0.3, 0.4) is 0 Å². The molecule has 1 saturated heterocycles. The minimum atomic E-state index is -4.46. The van der Waals surface area contributed by atoms with Crippen molar-refractivity contribution in [1.29, 1.82) is 0 Å². The maximum atomic E-state index is 13.0. The highest BCUT2D eigenvalue weighted by Gasteiger charge is 2.31. The van der Waals surface area contributed by atoms with E-state index in [9.17, 15) is 22.8 Å². The van der Waals surface area contributed by atoms with E-state index in [2.05, 4.69) is 5.10 Å². The van der Waals surface area contributed by atoms with Gasteiger partial charge < -0.3 is 9.80 Å². The number of amides is 2. The first kappa shape index (κ1) is 20.9. The number of carbonyl (C=O) groups excluding carboxylic acids is 2. The molecule has 1 aromatic carbocycles. The Labute approximate surface area is 166 Å². The Morgan fingerprint density at radius 3 is 2.28 bits per heavy atom. The van der Waals surface area contributed by atoms with E-state index >= 15 is 0 Å². The predicted octanol–water partition coefficient (Wildman–Crippen LogP) is 3.14. The van der Waals surface area contributed by atoms with Crippen LogP contribution in [-0.2, 0) is 11.0 Å². The summed E-state index contributed by atoms with van der Waals surface area (Å²) in [6.07, 6.45) is -3.08. The summed E-state index contributed by atoms with van der Waals surface area (Å²) in [5.41, 5.74) is 0.272. The summed E-state index contributed by atoms with van der Waals surface area (Å²) in [5, 5.41) is 4.13. The van der Waals surface area contributed by atoms with Gasteiger partial charge in [0.25, 0.3) is 5.91 Å². The van der Waals surface area contributed by atoms with Gasteiger partial charge in [-0.25, -0.2) is 4.68 Å². The standard InChI is InChI=1S/C20H23F3N4O2/c1-13(2)18(28)25-7-9-26(10-8-25)19(29)17-12-24-27(14(17)3)16-6-4-5-15(11-16)20(21,22)23/h4-6,11-13H,7-10H2,1-3H3. The molecule has 0 aliphatic carbocycles. The van der Waals surface area contributed by atoms with Crippen LogP contribution < -0.4 is 0 Å². The minimum Gasteiger partial charge on any atom is -0.339 e. The second kappa shape index (κ2) is 7.88. The SMILES string of the molecule is Cc1c(C(=O)N2CCN(C(=O)C(C)C)CC2)cnn1-c1cccc(C(F)(F)F)c1. The number of carbonyl (C=O) groups is 2. The Morgan fingerprint density at radius 2 is 1.69 bits per heavy atom. The number of aromatic nitrogens is 2. The van der Waals surface area contributed by atoms with E-state index in [4.69, 9.17) is 0 Å². The van der Waals surface area contributed by atoms with Gasteiger partial charge in [-0.05, 0) is 25.1 Å². The molecule has 2 amide bonds. The normalized spacial score (nSPS) is 15.1. The van der Waals surface area contributed by atoms with Crippen molar-refractivity contribution in [2.24, 2.45) is 5.92 Å². The average molecular weight is 408 g/mol. The number of hydrogen-bond donors (Lipinski definition) is 0. The van der Waals surface area contributed by atoms with Gasteiger partial charge >= 0.3 is 6.18 Å². The summed E-state index contributed by atoms with van der Waals surface area (Å²) in [5.74, 6) is -0.270. The Kier molecular flexibility index (Phi) is 5.68. The molecule has 1 aromatic heterocycles. The van der Waals surface area contributed by atoms with Crippen molar-refractivity contribution in [3.8, 4) is 5.69 Å². The van der Waals surface area contributed by atoms with E-state index in [-0.39, 0.29) is 23.4 Å². The Balaban J connectivity index is 1.76. The van der Waals surface area contributed by atoms with E-state index in [1.54, 1.807) is 16.7 Å². The van der Waals surface area contributed by atoms with Crippen molar-refractivity contribution in [3.63, 3.8) is 0 Å². The maximum absolute atomic E-state index is 13.0. The second-order valence-electron chi connectivity index (χ2n) is 7.38. The molecule has 29 heavy (non-hydrogen) atoms. The van der Waals surface area contributed by atoms with Crippen molar-refractivity contribution < 1.29 is 22.8 Å². The highest BCUT2D eigenvalue weighted by Crippen LogP contribution is 2.30. The van der Waals surface area contributed by atoms with Gasteiger partial charge in [-0.3, -0.25) is 9.59 Å². The molecule has 0 atom stereocenters. The molecule has 6 nitrogen and oxygen atoms in total. The zero-order valence-electron chi connectivity index (χ0n) is 16.5. The first-order valence-electron chi connectivity index (χ1n) is 9.40. The summed E-state index contributed by atoms with van der Waals surface area (Å²) >= 11 is 0. The summed E-state index contributed by atoms with van der Waals surface area (Å²) in [7, 11) is 0. The fourth-order valence-corrected chi connectivity index (χ4v) is 3.36. The van der Waals surface area contributed by atoms with Gasteiger partial charge in [-0.2, -0.15) is 18.3 Å². The van der Waals surface area contributed by atoms with Gasteiger partial charge in [0, 0.05) is 32.1 Å². The fraction of sp³-hybridized carbons (Fsp3) is 0.450. The number of rotatable bonds is 3. The average Bonchev–Trinajstić information content (AvgIpc) is 3.07. The Bertz CT molecular complexity index is 913. The van der Waals surface area contributed by atoms with Gasteiger partial charge in [-0.1, -0.05) is 19.9 Å². The molecule has 0 radical (unpaired) electrons. The maximum Gasteiger partial charge on any atom is 0.416 e. The van der Waals surface area contributed by atoms with Crippen molar-refractivity contribution in [2.45, 2.75) is 26.9 Å². The molecule has 1 aliphatic rings. The van der Waals surface area contributed by atoms with Gasteiger partial charge in [0.2, 0.25) is 5.91 Å². The van der Waals surface area contributed by atoms with Crippen molar-refractivity contribution in [1.82, 2.24) is 19.6 Å². The highest BCUT2D eigenvalue weighted by atomic mass is 19.4. The van der Waals surface area contributed by atoms with Crippen molar-refractivity contribution in [2.75, 3.05) is 26.2 Å². The van der Waals surface area contributed by atoms with Gasteiger partial charge in [-0.15, -0.1) is 0 Å². The van der Waals surface area contributed by atoms with Crippen LogP contribution in [0.2, 0.25) is 0 Å². The lowest BCUT2D eigenvalue weighted by Gasteiger charge is -2.35. The molecule has 3 rings (SSSR count). The summed E-state index contributed by atoms with van der Waals surface area (Å²) < 4.78 is 40.3. The lowest BCUT2D eigenvalue weighted by Crippen LogP contribution is -2.51. The van der Waals surface area contributed by atoms with E-state index in [0.29, 0.717) is 37.4 Å². The molecule has 2 heterocycles. The zero-order chi connectivity index (χ0) is 21.3. The van der Waals surface area contributed by atoms with Crippen LogP contribution in [0.5, 0.6) is 0 Å². The second-order valence-corrected chi connectivity index (χ2v) is 7.38. The predicted molar refractivity (Wildman–Crippen MR) is 101 cm³/mol. The number of hydrogen-bond acceptors (Lipinski definition) is 3. The van der Waals surface area contributed by atoms with Crippen LogP contribution in [0.15, 0.2) is 30.5 Å². The van der Waals surface area contributed by atoms with Crippen LogP contribution in [0.4, 0.5) is 13.2 Å². The Morgan fingerprint density at radius 1 is 1.07 bits per heavy atom. The largest absolute Gasteiger partial charge is 0.416 e. The van der Waals surface area contributed by atoms with Crippen LogP contribution in [0, 0.1) is 12.8 Å². The number of nitrogens with zero attached hydrogens (tertiary/aromatic N) is 4. The topological polar surface area (TPSA) is 58.4 Å². The molecule has 1 aliphatic heterocycles. The molecule has 0 bridgehead atoms.